The molecule has 2 aromatic carbocycles. The maximum Gasteiger partial charge on any atom is 0.234 e. The lowest BCUT2D eigenvalue weighted by Crippen LogP contribution is -2.18. The quantitative estimate of drug-likeness (QED) is 0.331. The summed E-state index contributed by atoms with van der Waals surface area (Å²) in [4.78, 5) is 23.8. The lowest BCUT2D eigenvalue weighted by Gasteiger charge is -2.17. The van der Waals surface area contributed by atoms with Gasteiger partial charge in [0.25, 0.3) is 0 Å². The molecular formula is C23H25FN4O4S. The van der Waals surface area contributed by atoms with Crippen LogP contribution in [0.2, 0.25) is 0 Å². The average Bonchev–Trinajstić information content (AvgIpc) is 3.20. The van der Waals surface area contributed by atoms with Gasteiger partial charge in [0.05, 0.1) is 18.4 Å². The number of carbonyl (C=O) groups is 2. The number of ether oxygens (including phenoxy) is 2. The van der Waals surface area contributed by atoms with Gasteiger partial charge >= 0.3 is 0 Å². The van der Waals surface area contributed by atoms with Gasteiger partial charge in [0.15, 0.2) is 28.3 Å². The number of anilines is 1. The number of ketones is 1. The highest BCUT2D eigenvalue weighted by Gasteiger charge is 2.20. The molecule has 0 saturated carbocycles. The van der Waals surface area contributed by atoms with Gasteiger partial charge in [-0.2, -0.15) is 0 Å². The van der Waals surface area contributed by atoms with E-state index in [4.69, 9.17) is 9.47 Å². The topological polar surface area (TPSA) is 95.3 Å². The Morgan fingerprint density at radius 2 is 1.88 bits per heavy atom. The van der Waals surface area contributed by atoms with Gasteiger partial charge in [0.2, 0.25) is 5.91 Å². The maximum atomic E-state index is 13.9. The fourth-order valence-electron chi connectivity index (χ4n) is 3.08. The largest absolute Gasteiger partial charge is 0.483 e. The summed E-state index contributed by atoms with van der Waals surface area (Å²) >= 11 is 1.22. The molecule has 0 bridgehead atoms. The first-order valence-electron chi connectivity index (χ1n) is 10.2. The van der Waals surface area contributed by atoms with E-state index in [-0.39, 0.29) is 35.8 Å². The standard InChI is InChI=1S/C23H25FN4O4S/c1-15(12-31-3)28-21(13-32-20-7-5-4-6-19(20)24)26-27-23(28)33-14-22(30)25-18-10-8-17(9-11-18)16(2)29/h4-11,15H,12-14H2,1-3H3,(H,25,30)/t15-/m0/s1. The van der Waals surface area contributed by atoms with E-state index in [9.17, 15) is 14.0 Å². The van der Waals surface area contributed by atoms with Crippen molar-refractivity contribution in [2.45, 2.75) is 31.7 Å². The number of benzene rings is 2. The monoisotopic (exact) mass is 472 g/mol. The summed E-state index contributed by atoms with van der Waals surface area (Å²) in [6.07, 6.45) is 0. The minimum Gasteiger partial charge on any atom is -0.483 e. The number of nitrogens with one attached hydrogen (secondary N) is 1. The maximum absolute atomic E-state index is 13.9. The van der Waals surface area contributed by atoms with Gasteiger partial charge in [0.1, 0.15) is 6.61 Å². The van der Waals surface area contributed by atoms with Crippen molar-refractivity contribution in [1.29, 1.82) is 0 Å². The molecule has 0 aliphatic carbocycles. The third kappa shape index (κ3) is 6.62. The Bertz CT molecular complexity index is 1100. The zero-order valence-corrected chi connectivity index (χ0v) is 19.4. The summed E-state index contributed by atoms with van der Waals surface area (Å²) < 4.78 is 26.5. The fraction of sp³-hybridized carbons (Fsp3) is 0.304. The van der Waals surface area contributed by atoms with Crippen LogP contribution >= 0.6 is 11.8 Å². The lowest BCUT2D eigenvalue weighted by atomic mass is 10.1. The number of rotatable bonds is 11. The Labute approximate surface area is 195 Å². The summed E-state index contributed by atoms with van der Waals surface area (Å²) in [6.45, 7) is 3.82. The van der Waals surface area contributed by atoms with Crippen molar-refractivity contribution in [3.05, 3.63) is 65.7 Å². The van der Waals surface area contributed by atoms with Crippen LogP contribution in [0.15, 0.2) is 53.7 Å². The van der Waals surface area contributed by atoms with E-state index in [1.807, 2.05) is 11.5 Å². The molecule has 0 aliphatic heterocycles. The smallest absolute Gasteiger partial charge is 0.234 e. The number of para-hydroxylation sites is 1. The van der Waals surface area contributed by atoms with E-state index in [1.165, 1.54) is 30.8 Å². The highest BCUT2D eigenvalue weighted by molar-refractivity contribution is 7.99. The predicted molar refractivity (Wildman–Crippen MR) is 123 cm³/mol. The normalized spacial score (nSPS) is 11.8. The number of hydrogen-bond acceptors (Lipinski definition) is 7. The van der Waals surface area contributed by atoms with Crippen LogP contribution in [-0.4, -0.2) is 45.9 Å². The molecule has 1 heterocycles. The molecule has 174 valence electrons. The van der Waals surface area contributed by atoms with Crippen LogP contribution in [0, 0.1) is 5.82 Å². The van der Waals surface area contributed by atoms with Gasteiger partial charge in [-0.15, -0.1) is 10.2 Å². The number of Topliss-reactive ketones (excluding diaryl/α,β-unsaturated/α-hetero) is 1. The molecular weight excluding hydrogens is 447 g/mol. The SMILES string of the molecule is COC[C@H](C)n1c(COc2ccccc2F)nnc1SCC(=O)Nc1ccc(C(C)=O)cc1. The molecule has 1 atom stereocenters. The first-order valence-corrected chi connectivity index (χ1v) is 11.2. The van der Waals surface area contributed by atoms with Crippen LogP contribution in [-0.2, 0) is 16.1 Å². The van der Waals surface area contributed by atoms with Crippen LogP contribution in [0.3, 0.4) is 0 Å². The third-order valence-corrected chi connectivity index (χ3v) is 5.63. The number of thioether (sulfide) groups is 1. The molecule has 3 rings (SSSR count). The van der Waals surface area contributed by atoms with E-state index >= 15 is 0 Å². The van der Waals surface area contributed by atoms with Crippen molar-refractivity contribution in [3.8, 4) is 5.75 Å². The fourth-order valence-corrected chi connectivity index (χ4v) is 3.94. The highest BCUT2D eigenvalue weighted by atomic mass is 32.2. The van der Waals surface area contributed by atoms with Crippen molar-refractivity contribution in [2.75, 3.05) is 24.8 Å². The molecule has 8 nitrogen and oxygen atoms in total. The van der Waals surface area contributed by atoms with Crippen molar-refractivity contribution in [2.24, 2.45) is 0 Å². The molecule has 0 aliphatic rings. The molecule has 3 aromatic rings. The Kier molecular flexibility index (Phi) is 8.56. The zero-order valence-electron chi connectivity index (χ0n) is 18.6. The Hall–Kier alpha value is -3.24. The van der Waals surface area contributed by atoms with Gasteiger partial charge in [-0.25, -0.2) is 4.39 Å². The lowest BCUT2D eigenvalue weighted by molar-refractivity contribution is -0.113. The van der Waals surface area contributed by atoms with Gasteiger partial charge in [-0.05, 0) is 50.2 Å². The first-order chi connectivity index (χ1) is 15.9. The third-order valence-electron chi connectivity index (χ3n) is 4.68. The van der Waals surface area contributed by atoms with Crippen LogP contribution in [0.5, 0.6) is 5.75 Å². The second-order valence-corrected chi connectivity index (χ2v) is 8.21. The number of nitrogens with zero attached hydrogens (tertiary/aromatic N) is 3. The Morgan fingerprint density at radius 3 is 2.55 bits per heavy atom. The number of amides is 1. The van der Waals surface area contributed by atoms with Crippen LogP contribution < -0.4 is 10.1 Å². The predicted octanol–water partition coefficient (Wildman–Crippen LogP) is 4.14. The van der Waals surface area contributed by atoms with Gasteiger partial charge in [-0.1, -0.05) is 23.9 Å². The average molecular weight is 473 g/mol. The molecule has 1 N–H and O–H groups in total. The molecule has 0 saturated heterocycles. The molecule has 33 heavy (non-hydrogen) atoms. The van der Waals surface area contributed by atoms with Crippen LogP contribution in [0.4, 0.5) is 10.1 Å². The van der Waals surface area contributed by atoms with Gasteiger partial charge in [0, 0.05) is 18.4 Å². The second-order valence-electron chi connectivity index (χ2n) is 7.26. The summed E-state index contributed by atoms with van der Waals surface area (Å²) in [5, 5.41) is 11.7. The molecule has 10 heteroatoms. The number of halogens is 1. The molecule has 0 unspecified atom stereocenters. The number of aromatic nitrogens is 3. The van der Waals surface area contributed by atoms with Crippen LogP contribution in [0.25, 0.3) is 0 Å². The summed E-state index contributed by atoms with van der Waals surface area (Å²) in [6, 6.07) is 12.7. The highest BCUT2D eigenvalue weighted by Crippen LogP contribution is 2.24. The molecule has 0 fully saturated rings. The van der Waals surface area contributed by atoms with E-state index < -0.39 is 5.82 Å². The zero-order chi connectivity index (χ0) is 23.8. The van der Waals surface area contributed by atoms with E-state index in [0.717, 1.165) is 0 Å². The van der Waals surface area contributed by atoms with E-state index in [1.54, 1.807) is 43.5 Å². The second kappa shape index (κ2) is 11.6. The van der Waals surface area contributed by atoms with Crippen molar-refractivity contribution < 1.29 is 23.5 Å². The molecule has 1 aromatic heterocycles. The number of carbonyl (C=O) groups excluding carboxylic acids is 2. The Morgan fingerprint density at radius 1 is 1.15 bits per heavy atom. The van der Waals surface area contributed by atoms with Crippen molar-refractivity contribution in [1.82, 2.24) is 14.8 Å². The number of methoxy groups -OCH3 is 1. The van der Waals surface area contributed by atoms with E-state index in [2.05, 4.69) is 15.5 Å². The summed E-state index contributed by atoms with van der Waals surface area (Å²) in [7, 11) is 1.59. The first kappa shape index (κ1) is 24.4. The molecule has 0 spiro atoms. The van der Waals surface area contributed by atoms with Gasteiger partial charge < -0.3 is 14.8 Å². The molecule has 0 radical (unpaired) electrons. The van der Waals surface area contributed by atoms with Crippen LogP contribution in [0.1, 0.15) is 36.1 Å². The van der Waals surface area contributed by atoms with Gasteiger partial charge in [-0.3, -0.25) is 14.2 Å². The summed E-state index contributed by atoms with van der Waals surface area (Å²) in [5.74, 6) is -0.0191. The molecule has 1 amide bonds. The van der Waals surface area contributed by atoms with E-state index in [0.29, 0.717) is 28.8 Å². The minimum atomic E-state index is -0.462. The minimum absolute atomic E-state index is 0.0112. The van der Waals surface area contributed by atoms with Crippen molar-refractivity contribution in [3.63, 3.8) is 0 Å². The Balaban J connectivity index is 1.66. The summed E-state index contributed by atoms with van der Waals surface area (Å²) in [5.41, 5.74) is 1.17. The van der Waals surface area contributed by atoms with Crippen molar-refractivity contribution >= 4 is 29.1 Å². The number of hydrogen-bond donors (Lipinski definition) is 1.